The number of amides is 1. The lowest BCUT2D eigenvalue weighted by atomic mass is 9.99. The number of ketones is 1. The average molecular weight is 502 g/mol. The monoisotopic (exact) mass is 501 g/mol. The van der Waals surface area contributed by atoms with Gasteiger partial charge in [0.15, 0.2) is 5.13 Å². The SMILES string of the molecule is COc1cc2sc(N3C(=O)C(=O)/C(=C(/O)c4c[nH]c5ccccc45)C3c3cccs3)nc2cc1C. The summed E-state index contributed by atoms with van der Waals surface area (Å²) in [7, 11) is 1.61. The fourth-order valence-electron chi connectivity index (χ4n) is 4.53. The number of rotatable bonds is 4. The second kappa shape index (κ2) is 8.07. The van der Waals surface area contributed by atoms with Crippen LogP contribution in [-0.2, 0) is 9.59 Å². The number of fused-ring (bicyclic) bond motifs is 2. The number of hydrogen-bond acceptors (Lipinski definition) is 7. The topological polar surface area (TPSA) is 95.5 Å². The summed E-state index contributed by atoms with van der Waals surface area (Å²) < 4.78 is 6.27. The number of thiazole rings is 1. The Balaban J connectivity index is 1.56. The zero-order chi connectivity index (χ0) is 24.3. The van der Waals surface area contributed by atoms with Crippen molar-refractivity contribution in [2.24, 2.45) is 0 Å². The van der Waals surface area contributed by atoms with Crippen molar-refractivity contribution in [1.82, 2.24) is 9.97 Å². The largest absolute Gasteiger partial charge is 0.507 e. The molecule has 0 aliphatic carbocycles. The predicted octanol–water partition coefficient (Wildman–Crippen LogP) is 5.78. The number of ether oxygens (including phenoxy) is 1. The lowest BCUT2D eigenvalue weighted by Crippen LogP contribution is -2.28. The summed E-state index contributed by atoms with van der Waals surface area (Å²) in [6.45, 7) is 1.93. The summed E-state index contributed by atoms with van der Waals surface area (Å²) >= 11 is 2.73. The highest BCUT2D eigenvalue weighted by atomic mass is 32.1. The standard InChI is InChI=1S/C26H19N3O4S2/c1-13-10-17-20(11-18(13)33-2)35-26(28-17)29-22(19-8-5-9-34-19)21(24(31)25(29)32)23(30)15-12-27-16-7-4-3-6-14(15)16/h3-12,22,27,30H,1-2H3/b23-21+. The Morgan fingerprint density at radius 2 is 2.00 bits per heavy atom. The van der Waals surface area contributed by atoms with Crippen LogP contribution in [0.5, 0.6) is 5.75 Å². The Bertz CT molecular complexity index is 1660. The molecule has 0 spiro atoms. The molecular formula is C26H19N3O4S2. The number of H-pyrrole nitrogens is 1. The zero-order valence-corrected chi connectivity index (χ0v) is 20.4. The number of hydrogen-bond donors (Lipinski definition) is 2. The third-order valence-electron chi connectivity index (χ3n) is 6.20. The van der Waals surface area contributed by atoms with Crippen molar-refractivity contribution < 1.29 is 19.4 Å². The van der Waals surface area contributed by atoms with E-state index in [0.717, 1.165) is 31.8 Å². The minimum Gasteiger partial charge on any atom is -0.507 e. The molecule has 1 amide bonds. The lowest BCUT2D eigenvalue weighted by molar-refractivity contribution is -0.132. The quantitative estimate of drug-likeness (QED) is 0.185. The van der Waals surface area contributed by atoms with Gasteiger partial charge in [-0.1, -0.05) is 35.6 Å². The van der Waals surface area contributed by atoms with Gasteiger partial charge in [-0.2, -0.15) is 0 Å². The fraction of sp³-hybridized carbons (Fsp3) is 0.115. The molecule has 1 aliphatic rings. The van der Waals surface area contributed by atoms with Gasteiger partial charge in [0, 0.05) is 27.5 Å². The van der Waals surface area contributed by atoms with Crippen molar-refractivity contribution in [1.29, 1.82) is 0 Å². The Labute approximate surface area is 207 Å². The first-order chi connectivity index (χ1) is 17.0. The number of aromatic nitrogens is 2. The number of aliphatic hydroxyl groups excluding tert-OH is 1. The molecule has 4 heterocycles. The Morgan fingerprint density at radius 3 is 2.77 bits per heavy atom. The average Bonchev–Trinajstić information content (AvgIpc) is 3.64. The number of nitrogens with zero attached hydrogens (tertiary/aromatic N) is 2. The van der Waals surface area contributed by atoms with Crippen molar-refractivity contribution in [3.8, 4) is 5.75 Å². The van der Waals surface area contributed by atoms with Gasteiger partial charge in [-0.15, -0.1) is 11.3 Å². The van der Waals surface area contributed by atoms with E-state index in [2.05, 4.69) is 4.98 Å². The van der Waals surface area contributed by atoms with Crippen LogP contribution in [0.25, 0.3) is 26.9 Å². The highest BCUT2D eigenvalue weighted by Crippen LogP contribution is 2.46. The number of benzene rings is 2. The number of Topliss-reactive ketones (excluding diaryl/α,β-unsaturated/α-hetero) is 1. The molecule has 2 aromatic carbocycles. The lowest BCUT2D eigenvalue weighted by Gasteiger charge is -2.21. The third kappa shape index (κ3) is 3.27. The van der Waals surface area contributed by atoms with Gasteiger partial charge in [-0.3, -0.25) is 14.5 Å². The van der Waals surface area contributed by atoms with E-state index in [4.69, 9.17) is 9.72 Å². The third-order valence-corrected chi connectivity index (χ3v) is 8.14. The van der Waals surface area contributed by atoms with E-state index in [1.165, 1.54) is 27.6 Å². The Hall–Kier alpha value is -3.95. The second-order valence-electron chi connectivity index (χ2n) is 8.22. The number of nitrogens with one attached hydrogen (secondary N) is 1. The van der Waals surface area contributed by atoms with Crippen molar-refractivity contribution >= 4 is 66.4 Å². The zero-order valence-electron chi connectivity index (χ0n) is 18.7. The van der Waals surface area contributed by atoms with Crippen LogP contribution >= 0.6 is 22.7 Å². The van der Waals surface area contributed by atoms with Crippen LogP contribution in [0, 0.1) is 6.92 Å². The van der Waals surface area contributed by atoms with Crippen LogP contribution in [0.15, 0.2) is 65.7 Å². The van der Waals surface area contributed by atoms with Gasteiger partial charge < -0.3 is 14.8 Å². The van der Waals surface area contributed by atoms with Gasteiger partial charge in [0.25, 0.3) is 5.78 Å². The molecule has 1 saturated heterocycles. The van der Waals surface area contributed by atoms with Gasteiger partial charge in [0.1, 0.15) is 17.6 Å². The van der Waals surface area contributed by atoms with E-state index in [9.17, 15) is 14.7 Å². The molecule has 174 valence electrons. The maximum atomic E-state index is 13.4. The molecule has 1 fully saturated rings. The number of anilines is 1. The number of para-hydroxylation sites is 1. The smallest absolute Gasteiger partial charge is 0.301 e. The van der Waals surface area contributed by atoms with Crippen molar-refractivity contribution in [2.45, 2.75) is 13.0 Å². The Morgan fingerprint density at radius 1 is 1.17 bits per heavy atom. The van der Waals surface area contributed by atoms with Gasteiger partial charge >= 0.3 is 5.91 Å². The maximum Gasteiger partial charge on any atom is 0.301 e. The maximum absolute atomic E-state index is 13.4. The van der Waals surface area contributed by atoms with Gasteiger partial charge in [-0.25, -0.2) is 4.98 Å². The molecule has 0 bridgehead atoms. The highest BCUT2D eigenvalue weighted by molar-refractivity contribution is 7.22. The van der Waals surface area contributed by atoms with E-state index in [1.54, 1.807) is 13.3 Å². The van der Waals surface area contributed by atoms with Crippen LogP contribution in [0.3, 0.4) is 0 Å². The van der Waals surface area contributed by atoms with Crippen molar-refractivity contribution in [2.75, 3.05) is 12.0 Å². The molecule has 35 heavy (non-hydrogen) atoms. The first-order valence-corrected chi connectivity index (χ1v) is 12.5. The molecule has 7 nitrogen and oxygen atoms in total. The summed E-state index contributed by atoms with van der Waals surface area (Å²) in [5.74, 6) is -0.934. The molecular weight excluding hydrogens is 482 g/mol. The van der Waals surface area contributed by atoms with Crippen molar-refractivity contribution in [3.63, 3.8) is 0 Å². The number of methoxy groups -OCH3 is 1. The first kappa shape index (κ1) is 21.6. The summed E-state index contributed by atoms with van der Waals surface area (Å²) in [4.78, 5) is 36.8. The van der Waals surface area contributed by atoms with Gasteiger partial charge in [-0.05, 0) is 42.1 Å². The molecule has 6 rings (SSSR count). The molecule has 1 aliphatic heterocycles. The molecule has 1 unspecified atom stereocenters. The van der Waals surface area contributed by atoms with Crippen molar-refractivity contribution in [3.05, 3.63) is 81.7 Å². The van der Waals surface area contributed by atoms with E-state index >= 15 is 0 Å². The minimum absolute atomic E-state index is 0.0511. The number of thiophene rings is 1. The molecule has 1 atom stereocenters. The van der Waals surface area contributed by atoms with Crippen LogP contribution in [-0.4, -0.2) is 33.9 Å². The van der Waals surface area contributed by atoms with E-state index in [-0.39, 0.29) is 11.3 Å². The summed E-state index contributed by atoms with van der Waals surface area (Å²) in [5.41, 5.74) is 2.99. The molecule has 9 heteroatoms. The van der Waals surface area contributed by atoms with E-state index < -0.39 is 17.7 Å². The summed E-state index contributed by atoms with van der Waals surface area (Å²) in [6.07, 6.45) is 1.66. The van der Waals surface area contributed by atoms with Gasteiger partial charge in [0.2, 0.25) is 0 Å². The first-order valence-electron chi connectivity index (χ1n) is 10.8. The Kier molecular flexibility index (Phi) is 4.98. The van der Waals surface area contributed by atoms with Crippen LogP contribution in [0.1, 0.15) is 22.0 Å². The molecule has 5 aromatic rings. The number of aromatic amines is 1. The molecule has 2 N–H and O–H groups in total. The second-order valence-corrected chi connectivity index (χ2v) is 10.2. The molecule has 0 saturated carbocycles. The van der Waals surface area contributed by atoms with Gasteiger partial charge in [0.05, 0.1) is 22.9 Å². The number of carbonyl (C=O) groups is 2. The number of carbonyl (C=O) groups excluding carboxylic acids is 2. The summed E-state index contributed by atoms with van der Waals surface area (Å²) in [6, 6.07) is 14.2. The molecule has 3 aromatic heterocycles. The predicted molar refractivity (Wildman–Crippen MR) is 138 cm³/mol. The molecule has 0 radical (unpaired) electrons. The number of aliphatic hydroxyl groups is 1. The van der Waals surface area contributed by atoms with Crippen LogP contribution < -0.4 is 9.64 Å². The van der Waals surface area contributed by atoms with Crippen LogP contribution in [0.2, 0.25) is 0 Å². The normalized spacial score (nSPS) is 17.7. The number of aryl methyl sites for hydroxylation is 1. The van der Waals surface area contributed by atoms with E-state index in [0.29, 0.717) is 16.2 Å². The van der Waals surface area contributed by atoms with E-state index in [1.807, 2.05) is 60.8 Å². The summed E-state index contributed by atoms with van der Waals surface area (Å²) in [5, 5.41) is 14.4. The highest BCUT2D eigenvalue weighted by Gasteiger charge is 2.48. The fourth-order valence-corrected chi connectivity index (χ4v) is 6.35. The van der Waals surface area contributed by atoms with Crippen LogP contribution in [0.4, 0.5) is 5.13 Å². The minimum atomic E-state index is -0.785.